The first-order valence-corrected chi connectivity index (χ1v) is 9.83. The molecule has 13 heteroatoms. The van der Waals surface area contributed by atoms with Crippen LogP contribution in [0.25, 0.3) is 0 Å². The van der Waals surface area contributed by atoms with E-state index >= 15 is 0 Å². The highest BCUT2D eigenvalue weighted by molar-refractivity contribution is 5.94. The van der Waals surface area contributed by atoms with Gasteiger partial charge in [-0.25, -0.2) is 4.79 Å². The van der Waals surface area contributed by atoms with Crippen LogP contribution in [0.5, 0.6) is 0 Å². The van der Waals surface area contributed by atoms with Crippen molar-refractivity contribution >= 4 is 35.6 Å². The van der Waals surface area contributed by atoms with Crippen LogP contribution in [0, 0.1) is 0 Å². The van der Waals surface area contributed by atoms with Gasteiger partial charge in [0.25, 0.3) is 0 Å². The summed E-state index contributed by atoms with van der Waals surface area (Å²) in [5.41, 5.74) is 10.6. The first-order chi connectivity index (χ1) is 14.4. The van der Waals surface area contributed by atoms with E-state index in [-0.39, 0.29) is 19.3 Å². The van der Waals surface area contributed by atoms with Gasteiger partial charge in [-0.3, -0.25) is 24.0 Å². The smallest absolute Gasteiger partial charge is 0.326 e. The Bertz CT molecular complexity index is 726. The number of nitrogens with one attached hydrogen (secondary N) is 2. The molecule has 13 nitrogen and oxygen atoms in total. The van der Waals surface area contributed by atoms with Crippen LogP contribution in [0.4, 0.5) is 0 Å². The van der Waals surface area contributed by atoms with E-state index in [0.717, 1.165) is 0 Å². The molecule has 0 aromatic carbocycles. The summed E-state index contributed by atoms with van der Waals surface area (Å²) < 4.78 is 0. The fraction of sp³-hybridized carbons (Fsp3) is 0.667. The number of carboxylic acid groups (broad SMARTS) is 2. The summed E-state index contributed by atoms with van der Waals surface area (Å²) in [6.45, 7) is 1.80. The van der Waals surface area contributed by atoms with E-state index in [2.05, 4.69) is 10.6 Å². The largest absolute Gasteiger partial charge is 0.481 e. The summed E-state index contributed by atoms with van der Waals surface area (Å²) in [4.78, 5) is 72.0. The first kappa shape index (κ1) is 25.8. The van der Waals surface area contributed by atoms with E-state index in [9.17, 15) is 33.9 Å². The molecule has 1 aliphatic rings. The fourth-order valence-corrected chi connectivity index (χ4v) is 3.19. The number of carbonyl (C=O) groups excluding carboxylic acids is 4. The monoisotopic (exact) mass is 443 g/mol. The number of carboxylic acids is 2. The lowest BCUT2D eigenvalue weighted by molar-refractivity contribution is -0.144. The second-order valence-electron chi connectivity index (χ2n) is 7.38. The van der Waals surface area contributed by atoms with E-state index in [1.807, 2.05) is 0 Å². The quantitative estimate of drug-likeness (QED) is 0.187. The number of rotatable bonds is 12. The van der Waals surface area contributed by atoms with Gasteiger partial charge < -0.3 is 37.2 Å². The average Bonchev–Trinajstić information content (AvgIpc) is 3.16. The minimum Gasteiger partial charge on any atom is -0.481 e. The van der Waals surface area contributed by atoms with Crippen LogP contribution in [-0.2, 0) is 28.8 Å². The van der Waals surface area contributed by atoms with Crippen molar-refractivity contribution in [3.05, 3.63) is 0 Å². The number of likely N-dealkylation sites (tertiary alicyclic amines) is 1. The summed E-state index contributed by atoms with van der Waals surface area (Å²) in [7, 11) is 0. The molecule has 1 rings (SSSR count). The van der Waals surface area contributed by atoms with E-state index in [4.69, 9.17) is 16.6 Å². The number of nitrogens with zero attached hydrogens (tertiary/aromatic N) is 1. The van der Waals surface area contributed by atoms with Crippen molar-refractivity contribution in [3.8, 4) is 0 Å². The Labute approximate surface area is 178 Å². The third kappa shape index (κ3) is 8.20. The maximum atomic E-state index is 12.7. The number of nitrogens with two attached hydrogens (primary N) is 2. The van der Waals surface area contributed by atoms with Crippen molar-refractivity contribution in [1.82, 2.24) is 15.5 Å². The molecule has 1 fully saturated rings. The molecule has 174 valence electrons. The molecule has 4 atom stereocenters. The molecule has 1 heterocycles. The molecule has 0 saturated carbocycles. The molecule has 0 spiro atoms. The minimum atomic E-state index is -1.45. The molecule has 4 amide bonds. The molecule has 4 unspecified atom stereocenters. The maximum absolute atomic E-state index is 12.7. The predicted octanol–water partition coefficient (Wildman–Crippen LogP) is -2.49. The predicted molar refractivity (Wildman–Crippen MR) is 105 cm³/mol. The average molecular weight is 443 g/mol. The Balaban J connectivity index is 2.91. The summed E-state index contributed by atoms with van der Waals surface area (Å²) in [6.07, 6.45) is -0.437. The van der Waals surface area contributed by atoms with Crippen LogP contribution in [-0.4, -0.2) is 81.4 Å². The Morgan fingerprint density at radius 1 is 1.03 bits per heavy atom. The fourth-order valence-electron chi connectivity index (χ4n) is 3.19. The maximum Gasteiger partial charge on any atom is 0.326 e. The summed E-state index contributed by atoms with van der Waals surface area (Å²) in [6, 6.07) is -4.50. The number of hydrogen-bond donors (Lipinski definition) is 6. The van der Waals surface area contributed by atoms with Gasteiger partial charge >= 0.3 is 11.9 Å². The number of carbonyl (C=O) groups is 6. The van der Waals surface area contributed by atoms with E-state index in [0.29, 0.717) is 19.4 Å². The number of primary amides is 1. The molecule has 0 aliphatic carbocycles. The Hall–Kier alpha value is -3.22. The lowest BCUT2D eigenvalue weighted by Crippen LogP contribution is -2.56. The molecule has 0 bridgehead atoms. The van der Waals surface area contributed by atoms with Crippen molar-refractivity contribution in [2.45, 2.75) is 69.6 Å². The Kier molecular flexibility index (Phi) is 9.86. The topological polar surface area (TPSA) is 222 Å². The van der Waals surface area contributed by atoms with Gasteiger partial charge in [0.05, 0.1) is 6.04 Å². The van der Waals surface area contributed by atoms with Gasteiger partial charge in [0.2, 0.25) is 23.6 Å². The highest BCUT2D eigenvalue weighted by Crippen LogP contribution is 2.18. The number of aliphatic carboxylic acids is 2. The van der Waals surface area contributed by atoms with Crippen LogP contribution in [0.2, 0.25) is 0 Å². The van der Waals surface area contributed by atoms with Crippen molar-refractivity contribution in [2.75, 3.05) is 6.54 Å². The van der Waals surface area contributed by atoms with Gasteiger partial charge in [-0.05, 0) is 32.6 Å². The van der Waals surface area contributed by atoms with Gasteiger partial charge in [-0.1, -0.05) is 0 Å². The molecule has 31 heavy (non-hydrogen) atoms. The van der Waals surface area contributed by atoms with Gasteiger partial charge in [-0.2, -0.15) is 0 Å². The molecule has 0 aromatic rings. The van der Waals surface area contributed by atoms with Crippen LogP contribution in [0.15, 0.2) is 0 Å². The van der Waals surface area contributed by atoms with Crippen molar-refractivity contribution in [3.63, 3.8) is 0 Å². The van der Waals surface area contributed by atoms with Crippen LogP contribution < -0.4 is 22.1 Å². The van der Waals surface area contributed by atoms with Crippen molar-refractivity contribution in [2.24, 2.45) is 11.5 Å². The van der Waals surface area contributed by atoms with E-state index in [1.165, 1.54) is 11.8 Å². The molecule has 0 radical (unpaired) electrons. The zero-order valence-electron chi connectivity index (χ0n) is 17.2. The summed E-state index contributed by atoms with van der Waals surface area (Å²) in [5, 5.41) is 22.8. The van der Waals surface area contributed by atoms with Crippen LogP contribution >= 0.6 is 0 Å². The minimum absolute atomic E-state index is 0.269. The van der Waals surface area contributed by atoms with Crippen LogP contribution in [0.1, 0.15) is 45.4 Å². The summed E-state index contributed by atoms with van der Waals surface area (Å²) in [5.74, 6) is -5.40. The second-order valence-corrected chi connectivity index (χ2v) is 7.38. The number of hydrogen-bond acceptors (Lipinski definition) is 7. The highest BCUT2D eigenvalue weighted by atomic mass is 16.4. The van der Waals surface area contributed by atoms with E-state index in [1.54, 1.807) is 0 Å². The van der Waals surface area contributed by atoms with E-state index < -0.39 is 66.2 Å². The zero-order chi connectivity index (χ0) is 23.7. The summed E-state index contributed by atoms with van der Waals surface area (Å²) >= 11 is 0. The molecular formula is C18H29N5O8. The molecule has 1 saturated heterocycles. The van der Waals surface area contributed by atoms with Gasteiger partial charge in [0, 0.05) is 19.4 Å². The Morgan fingerprint density at radius 3 is 2.16 bits per heavy atom. The lowest BCUT2D eigenvalue weighted by atomic mass is 10.1. The third-order valence-corrected chi connectivity index (χ3v) is 4.80. The number of amides is 4. The van der Waals surface area contributed by atoms with Gasteiger partial charge in [-0.15, -0.1) is 0 Å². The molecule has 8 N–H and O–H groups in total. The highest BCUT2D eigenvalue weighted by Gasteiger charge is 2.37. The third-order valence-electron chi connectivity index (χ3n) is 4.80. The zero-order valence-corrected chi connectivity index (χ0v) is 17.2. The van der Waals surface area contributed by atoms with Crippen molar-refractivity contribution < 1.29 is 39.0 Å². The normalized spacial score (nSPS) is 18.5. The van der Waals surface area contributed by atoms with Gasteiger partial charge in [0.1, 0.15) is 18.1 Å². The molecule has 0 aromatic heterocycles. The molecular weight excluding hydrogens is 414 g/mol. The van der Waals surface area contributed by atoms with Gasteiger partial charge in [0.15, 0.2) is 0 Å². The molecule has 1 aliphatic heterocycles. The second kappa shape index (κ2) is 11.8. The first-order valence-electron chi connectivity index (χ1n) is 9.83. The lowest BCUT2D eigenvalue weighted by Gasteiger charge is -2.27. The SMILES string of the molecule is CC(N)C(=O)N1CCCC1C(=O)NC(CCC(=O)O)C(=O)NC(CCC(N)=O)C(=O)O. The van der Waals surface area contributed by atoms with Crippen LogP contribution in [0.3, 0.4) is 0 Å². The standard InChI is InChI=1S/C18H29N5O8/c1-9(19)17(29)23-8-2-3-12(23)16(28)21-10(5-7-14(25)26)15(27)22-11(18(30)31)4-6-13(20)24/h9-12H,2-8,19H2,1H3,(H2,20,24)(H,21,28)(H,22,27)(H,25,26)(H,30,31). The Morgan fingerprint density at radius 2 is 1.65 bits per heavy atom. The van der Waals surface area contributed by atoms with Crippen molar-refractivity contribution in [1.29, 1.82) is 0 Å².